The second-order valence-electron chi connectivity index (χ2n) is 11.1. The van der Waals surface area contributed by atoms with Gasteiger partial charge < -0.3 is 29.5 Å². The predicted molar refractivity (Wildman–Crippen MR) is 137 cm³/mol. The molecule has 1 aromatic carbocycles. The molecule has 2 aliphatic heterocycles. The Bertz CT molecular complexity index is 1010. The molecule has 3 N–H and O–H groups in total. The number of esters is 1. The smallest absolute Gasteiger partial charge is 0.314 e. The van der Waals surface area contributed by atoms with Gasteiger partial charge in [0.2, 0.25) is 0 Å². The van der Waals surface area contributed by atoms with Crippen LogP contribution in [-0.4, -0.2) is 39.7 Å². The molecule has 9 heteroatoms. The number of phenolic OH excluding ortho intramolecular Hbond substituents is 1. The molecule has 2 saturated carbocycles. The first kappa shape index (κ1) is 26.4. The topological polar surface area (TPSA) is 105 Å². The highest BCUT2D eigenvalue weighted by Crippen LogP contribution is 2.59. The van der Waals surface area contributed by atoms with E-state index in [1.54, 1.807) is 19.9 Å². The minimum atomic E-state index is -1.36. The van der Waals surface area contributed by atoms with Crippen molar-refractivity contribution in [1.29, 1.82) is 0 Å². The molecule has 4 aliphatic rings. The fraction of sp³-hybridized carbons (Fsp3) is 0.667. The minimum absolute atomic E-state index is 0.0437. The highest BCUT2D eigenvalue weighted by Gasteiger charge is 2.42. The average Bonchev–Trinajstić information content (AvgIpc) is 3.26. The van der Waals surface area contributed by atoms with E-state index in [9.17, 15) is 20.1 Å². The third-order valence-electron chi connectivity index (χ3n) is 8.05. The largest absolute Gasteiger partial charge is 0.507 e. The van der Waals surface area contributed by atoms with Crippen molar-refractivity contribution in [1.82, 2.24) is 0 Å². The number of ether oxygens (including phenoxy) is 3. The maximum atomic E-state index is 13.1. The number of aromatic hydroxyl groups is 1. The van der Waals surface area contributed by atoms with Crippen molar-refractivity contribution in [3.8, 4) is 11.5 Å². The number of thioether (sulfide) groups is 2. The van der Waals surface area contributed by atoms with Crippen LogP contribution >= 0.6 is 23.5 Å². The van der Waals surface area contributed by atoms with Gasteiger partial charge in [-0.05, 0) is 82.3 Å². The highest BCUT2D eigenvalue weighted by molar-refractivity contribution is 8.24. The number of aliphatic hydroxyl groups is 2. The van der Waals surface area contributed by atoms with Gasteiger partial charge in [-0.25, -0.2) is 0 Å². The Balaban J connectivity index is 1.25. The van der Waals surface area contributed by atoms with Crippen LogP contribution in [0.25, 0.3) is 0 Å². The summed E-state index contributed by atoms with van der Waals surface area (Å²) >= 11 is 2.42. The lowest BCUT2D eigenvalue weighted by atomic mass is 9.69. The summed E-state index contributed by atoms with van der Waals surface area (Å²) in [6, 6.07) is 3.11. The molecular formula is C27H36O7S2. The Morgan fingerprint density at radius 1 is 0.917 bits per heavy atom. The Morgan fingerprint density at radius 2 is 1.47 bits per heavy atom. The van der Waals surface area contributed by atoms with E-state index >= 15 is 0 Å². The highest BCUT2D eigenvalue weighted by atomic mass is 32.2. The Labute approximate surface area is 221 Å². The zero-order chi connectivity index (χ0) is 25.6. The van der Waals surface area contributed by atoms with E-state index in [2.05, 4.69) is 6.92 Å². The van der Waals surface area contributed by atoms with Crippen LogP contribution in [0.3, 0.4) is 0 Å². The molecule has 2 heterocycles. The van der Waals surface area contributed by atoms with Crippen LogP contribution in [0.5, 0.6) is 11.5 Å². The summed E-state index contributed by atoms with van der Waals surface area (Å²) in [6.07, 6.45) is 6.47. The standard InChI is InChI=1S/C27H36O7S2/c1-14-4-6-15(7-5-14)16-8-10-17(11-9-16)23(29)32-19-13-12-18(28)21-22(19)36-26(35-21)20-24(30)33-27(2,3)34-25(20)31/h12-17,24-25,28,30-31H,4-11H2,1-3H3. The molecule has 0 bridgehead atoms. The normalized spacial score (nSPS) is 34.4. The molecule has 2 aliphatic carbocycles. The van der Waals surface area contributed by atoms with E-state index in [1.807, 2.05) is 0 Å². The van der Waals surface area contributed by atoms with Gasteiger partial charge >= 0.3 is 5.97 Å². The van der Waals surface area contributed by atoms with Gasteiger partial charge in [-0.2, -0.15) is 0 Å². The van der Waals surface area contributed by atoms with Gasteiger partial charge in [0.25, 0.3) is 0 Å². The van der Waals surface area contributed by atoms with Gasteiger partial charge in [0, 0.05) is 0 Å². The summed E-state index contributed by atoms with van der Waals surface area (Å²) in [7, 11) is 0. The number of fused-ring (bicyclic) bond motifs is 1. The first-order valence-corrected chi connectivity index (χ1v) is 14.6. The van der Waals surface area contributed by atoms with Crippen molar-refractivity contribution in [2.24, 2.45) is 23.7 Å². The fourth-order valence-corrected chi connectivity index (χ4v) is 8.63. The Hall–Kier alpha value is -1.23. The van der Waals surface area contributed by atoms with Crippen molar-refractivity contribution >= 4 is 29.5 Å². The van der Waals surface area contributed by atoms with Gasteiger partial charge in [-0.15, -0.1) is 0 Å². The second-order valence-corrected chi connectivity index (χ2v) is 13.4. The summed E-state index contributed by atoms with van der Waals surface area (Å²) in [5.74, 6) is 1.33. The maximum Gasteiger partial charge on any atom is 0.314 e. The molecule has 2 atom stereocenters. The van der Waals surface area contributed by atoms with Gasteiger partial charge in [0.05, 0.1) is 25.5 Å². The van der Waals surface area contributed by atoms with E-state index in [-0.39, 0.29) is 23.2 Å². The van der Waals surface area contributed by atoms with Crippen LogP contribution < -0.4 is 4.74 Å². The molecule has 0 aromatic heterocycles. The molecule has 0 amide bonds. The summed E-state index contributed by atoms with van der Waals surface area (Å²) in [4.78, 5) is 14.2. The minimum Gasteiger partial charge on any atom is -0.507 e. The van der Waals surface area contributed by atoms with E-state index in [1.165, 1.54) is 55.3 Å². The molecule has 7 nitrogen and oxygen atoms in total. The molecule has 1 saturated heterocycles. The number of carbonyl (C=O) groups excluding carboxylic acids is 1. The lowest BCUT2D eigenvalue weighted by Crippen LogP contribution is -2.46. The van der Waals surface area contributed by atoms with Crippen LogP contribution in [0.2, 0.25) is 0 Å². The first-order valence-electron chi connectivity index (χ1n) is 13.0. The molecule has 3 fully saturated rings. The molecule has 1 aromatic rings. The third kappa shape index (κ3) is 5.47. The van der Waals surface area contributed by atoms with Crippen LogP contribution in [-0.2, 0) is 14.3 Å². The Kier molecular flexibility index (Phi) is 7.69. The van der Waals surface area contributed by atoms with E-state index in [4.69, 9.17) is 14.2 Å². The van der Waals surface area contributed by atoms with Crippen molar-refractivity contribution in [3.63, 3.8) is 0 Å². The number of aliphatic hydroxyl groups excluding tert-OH is 2. The van der Waals surface area contributed by atoms with Crippen LogP contribution in [0.4, 0.5) is 0 Å². The van der Waals surface area contributed by atoms with E-state index < -0.39 is 18.4 Å². The number of hydrogen-bond donors (Lipinski definition) is 3. The van der Waals surface area contributed by atoms with E-state index in [0.29, 0.717) is 19.8 Å². The van der Waals surface area contributed by atoms with Crippen LogP contribution in [0.1, 0.15) is 72.1 Å². The SMILES string of the molecule is CC1CCC(C2CCC(C(=O)Oc3ccc(O)c4c3SC(=C3C(O)OC(C)(C)OC3O)S4)CC2)CC1. The van der Waals surface area contributed by atoms with Gasteiger partial charge in [0.15, 0.2) is 18.4 Å². The quantitative estimate of drug-likeness (QED) is 0.328. The number of benzene rings is 1. The molecular weight excluding hydrogens is 500 g/mol. The molecule has 2 unspecified atom stereocenters. The zero-order valence-electron chi connectivity index (χ0n) is 21.1. The summed E-state index contributed by atoms with van der Waals surface area (Å²) in [5, 5.41) is 31.5. The van der Waals surface area contributed by atoms with Crippen LogP contribution in [0, 0.1) is 23.7 Å². The summed E-state index contributed by atoms with van der Waals surface area (Å²) in [5.41, 5.74) is 0.174. The number of carbonyl (C=O) groups is 1. The molecule has 0 spiro atoms. The first-order chi connectivity index (χ1) is 17.1. The monoisotopic (exact) mass is 536 g/mol. The molecule has 36 heavy (non-hydrogen) atoms. The van der Waals surface area contributed by atoms with Gasteiger partial charge in [0.1, 0.15) is 11.5 Å². The lowest BCUT2D eigenvalue weighted by Gasteiger charge is -2.38. The fourth-order valence-electron chi connectivity index (χ4n) is 5.93. The average molecular weight is 537 g/mol. The van der Waals surface area contributed by atoms with Crippen molar-refractivity contribution in [2.75, 3.05) is 0 Å². The molecule has 0 radical (unpaired) electrons. The van der Waals surface area contributed by atoms with Crippen molar-refractivity contribution < 1.29 is 34.3 Å². The van der Waals surface area contributed by atoms with Gasteiger partial charge in [-0.3, -0.25) is 4.79 Å². The summed E-state index contributed by atoms with van der Waals surface area (Å²) < 4.78 is 17.3. The number of phenols is 1. The van der Waals surface area contributed by atoms with Crippen molar-refractivity contribution in [3.05, 3.63) is 21.9 Å². The molecule has 5 rings (SSSR count). The third-order valence-corrected chi connectivity index (χ3v) is 10.7. The van der Waals surface area contributed by atoms with E-state index in [0.717, 1.165) is 43.4 Å². The van der Waals surface area contributed by atoms with Crippen LogP contribution in [0.15, 0.2) is 31.7 Å². The van der Waals surface area contributed by atoms with Crippen molar-refractivity contribution in [2.45, 2.75) is 100 Å². The molecule has 198 valence electrons. The number of hydrogen-bond acceptors (Lipinski definition) is 9. The maximum absolute atomic E-state index is 13.1. The predicted octanol–water partition coefficient (Wildman–Crippen LogP) is 5.76. The summed E-state index contributed by atoms with van der Waals surface area (Å²) in [6.45, 7) is 5.56. The second kappa shape index (κ2) is 10.5. The Morgan fingerprint density at radius 3 is 2.08 bits per heavy atom. The van der Waals surface area contributed by atoms with Gasteiger partial charge in [-0.1, -0.05) is 43.3 Å². The zero-order valence-corrected chi connectivity index (χ0v) is 22.7. The number of rotatable bonds is 3. The lowest BCUT2D eigenvalue weighted by molar-refractivity contribution is -0.346.